The van der Waals surface area contributed by atoms with E-state index < -0.39 is 5.54 Å². The molecule has 29 heavy (non-hydrogen) atoms. The molecule has 2 heterocycles. The number of carbonyl (C=O) groups is 2. The number of hydrogen-bond acceptors (Lipinski definition) is 2. The molecule has 1 N–H and O–H groups in total. The largest absolute Gasteiger partial charge is 0.348 e. The molecule has 0 aliphatic carbocycles. The minimum absolute atomic E-state index is 0.0118. The first-order valence-corrected chi connectivity index (χ1v) is 10.3. The highest BCUT2D eigenvalue weighted by Crippen LogP contribution is 2.32. The standard InChI is InChI=1S/C23H32N4O2/c1-17(2)24-22(29)27(23(3,4)5)16-20(28)26-15-14-25-13-9-12-19(25)21(26)18-10-7-6-8-11-18/h6-13,17,21H,14-16H2,1-5H3,(H,24,29). The van der Waals surface area contributed by atoms with E-state index in [1.807, 2.05) is 63.8 Å². The number of nitrogens with zero attached hydrogens (tertiary/aromatic N) is 3. The van der Waals surface area contributed by atoms with E-state index in [9.17, 15) is 9.59 Å². The maximum Gasteiger partial charge on any atom is 0.318 e. The van der Waals surface area contributed by atoms with Gasteiger partial charge in [-0.05, 0) is 52.3 Å². The fourth-order valence-corrected chi connectivity index (χ4v) is 3.80. The monoisotopic (exact) mass is 396 g/mol. The van der Waals surface area contributed by atoms with Crippen molar-refractivity contribution in [2.24, 2.45) is 0 Å². The van der Waals surface area contributed by atoms with Crippen LogP contribution in [0.1, 0.15) is 51.9 Å². The average molecular weight is 397 g/mol. The fraction of sp³-hybridized carbons (Fsp3) is 0.478. The molecule has 0 bridgehead atoms. The molecular formula is C23H32N4O2. The topological polar surface area (TPSA) is 57.6 Å². The molecule has 156 valence electrons. The van der Waals surface area contributed by atoms with Gasteiger partial charge >= 0.3 is 6.03 Å². The SMILES string of the molecule is CC(C)NC(=O)N(CC(=O)N1CCn2cccc2C1c1ccccc1)C(C)(C)C. The lowest BCUT2D eigenvalue weighted by Gasteiger charge is -2.41. The summed E-state index contributed by atoms with van der Waals surface area (Å²) < 4.78 is 2.20. The highest BCUT2D eigenvalue weighted by Gasteiger charge is 2.35. The van der Waals surface area contributed by atoms with Crippen LogP contribution in [0.5, 0.6) is 0 Å². The van der Waals surface area contributed by atoms with Crippen LogP contribution in [0.4, 0.5) is 4.79 Å². The first-order chi connectivity index (χ1) is 13.7. The lowest BCUT2D eigenvalue weighted by Crippen LogP contribution is -2.56. The summed E-state index contributed by atoms with van der Waals surface area (Å²) in [4.78, 5) is 29.8. The number of nitrogens with one attached hydrogen (secondary N) is 1. The summed E-state index contributed by atoms with van der Waals surface area (Å²) in [5, 5.41) is 2.92. The molecule has 1 unspecified atom stereocenters. The molecule has 0 saturated carbocycles. The highest BCUT2D eigenvalue weighted by atomic mass is 16.2. The molecule has 6 nitrogen and oxygen atoms in total. The lowest BCUT2D eigenvalue weighted by molar-refractivity contribution is -0.135. The summed E-state index contributed by atoms with van der Waals surface area (Å²) in [6.07, 6.45) is 2.06. The lowest BCUT2D eigenvalue weighted by atomic mass is 9.99. The normalized spacial score (nSPS) is 16.5. The van der Waals surface area contributed by atoms with Gasteiger partial charge in [-0.15, -0.1) is 0 Å². The molecule has 0 radical (unpaired) electrons. The van der Waals surface area contributed by atoms with Gasteiger partial charge < -0.3 is 19.7 Å². The molecule has 6 heteroatoms. The van der Waals surface area contributed by atoms with Crippen LogP contribution in [0, 0.1) is 0 Å². The third-order valence-electron chi connectivity index (χ3n) is 5.23. The van der Waals surface area contributed by atoms with Crippen LogP contribution in [0.2, 0.25) is 0 Å². The van der Waals surface area contributed by atoms with E-state index in [1.54, 1.807) is 4.90 Å². The summed E-state index contributed by atoms with van der Waals surface area (Å²) in [7, 11) is 0. The summed E-state index contributed by atoms with van der Waals surface area (Å²) in [6.45, 7) is 11.1. The van der Waals surface area contributed by atoms with Crippen LogP contribution >= 0.6 is 0 Å². The van der Waals surface area contributed by atoms with Crippen molar-refractivity contribution in [3.8, 4) is 0 Å². The smallest absolute Gasteiger partial charge is 0.318 e. The number of aromatic nitrogens is 1. The third kappa shape index (κ3) is 4.63. The predicted molar refractivity (Wildman–Crippen MR) is 115 cm³/mol. The number of rotatable bonds is 4. The average Bonchev–Trinajstić information content (AvgIpc) is 3.13. The van der Waals surface area contributed by atoms with Crippen molar-refractivity contribution >= 4 is 11.9 Å². The second-order valence-corrected chi connectivity index (χ2v) is 8.89. The first kappa shape index (κ1) is 21.0. The van der Waals surface area contributed by atoms with E-state index in [-0.39, 0.29) is 30.6 Å². The van der Waals surface area contributed by atoms with Crippen molar-refractivity contribution in [1.82, 2.24) is 19.7 Å². The van der Waals surface area contributed by atoms with E-state index >= 15 is 0 Å². The molecule has 0 saturated heterocycles. The Balaban J connectivity index is 1.89. The van der Waals surface area contributed by atoms with Gasteiger partial charge in [0.1, 0.15) is 6.54 Å². The molecule has 3 rings (SSSR count). The van der Waals surface area contributed by atoms with Gasteiger partial charge in [-0.25, -0.2) is 4.79 Å². The van der Waals surface area contributed by atoms with E-state index in [2.05, 4.69) is 34.3 Å². The van der Waals surface area contributed by atoms with Gasteiger partial charge in [-0.3, -0.25) is 4.79 Å². The van der Waals surface area contributed by atoms with Crippen molar-refractivity contribution in [3.05, 3.63) is 59.9 Å². The van der Waals surface area contributed by atoms with Gasteiger partial charge in [0, 0.05) is 36.6 Å². The summed E-state index contributed by atoms with van der Waals surface area (Å²) in [6, 6.07) is 13.8. The number of hydrogen-bond donors (Lipinski definition) is 1. The van der Waals surface area contributed by atoms with Crippen LogP contribution in [0.15, 0.2) is 48.7 Å². The Bertz CT molecular complexity index is 851. The maximum atomic E-state index is 13.5. The van der Waals surface area contributed by atoms with Gasteiger partial charge in [0.15, 0.2) is 0 Å². The highest BCUT2D eigenvalue weighted by molar-refractivity contribution is 5.85. The van der Waals surface area contributed by atoms with Crippen LogP contribution in [0.3, 0.4) is 0 Å². The number of amides is 3. The van der Waals surface area contributed by atoms with Crippen LogP contribution in [-0.4, -0.2) is 51.0 Å². The molecule has 1 aliphatic heterocycles. The van der Waals surface area contributed by atoms with Gasteiger partial charge in [0.05, 0.1) is 6.04 Å². The zero-order valence-corrected chi connectivity index (χ0v) is 18.1. The van der Waals surface area contributed by atoms with Gasteiger partial charge in [0.25, 0.3) is 0 Å². The minimum Gasteiger partial charge on any atom is -0.348 e. The van der Waals surface area contributed by atoms with E-state index in [1.165, 1.54) is 0 Å². The molecule has 0 fully saturated rings. The molecule has 1 atom stereocenters. The Kier molecular flexibility index (Phi) is 6.01. The zero-order valence-electron chi connectivity index (χ0n) is 18.1. The maximum absolute atomic E-state index is 13.5. The molecule has 3 amide bonds. The second-order valence-electron chi connectivity index (χ2n) is 8.89. The van der Waals surface area contributed by atoms with Crippen molar-refractivity contribution in [3.63, 3.8) is 0 Å². The van der Waals surface area contributed by atoms with Crippen molar-refractivity contribution in [2.45, 2.75) is 58.8 Å². The summed E-state index contributed by atoms with van der Waals surface area (Å²) in [5.41, 5.74) is 1.71. The Morgan fingerprint density at radius 3 is 2.41 bits per heavy atom. The molecule has 0 spiro atoms. The Morgan fingerprint density at radius 2 is 1.79 bits per heavy atom. The van der Waals surface area contributed by atoms with Gasteiger partial charge in [-0.1, -0.05) is 30.3 Å². The fourth-order valence-electron chi connectivity index (χ4n) is 3.80. The molecule has 2 aromatic rings. The van der Waals surface area contributed by atoms with Crippen LogP contribution < -0.4 is 5.32 Å². The number of benzene rings is 1. The third-order valence-corrected chi connectivity index (χ3v) is 5.23. The van der Waals surface area contributed by atoms with Gasteiger partial charge in [-0.2, -0.15) is 0 Å². The van der Waals surface area contributed by atoms with Crippen molar-refractivity contribution in [1.29, 1.82) is 0 Å². The van der Waals surface area contributed by atoms with E-state index in [0.717, 1.165) is 17.8 Å². The summed E-state index contributed by atoms with van der Waals surface area (Å²) >= 11 is 0. The van der Waals surface area contributed by atoms with E-state index in [0.29, 0.717) is 6.54 Å². The number of carbonyl (C=O) groups excluding carboxylic acids is 2. The summed E-state index contributed by atoms with van der Waals surface area (Å²) in [5.74, 6) is -0.0415. The quantitative estimate of drug-likeness (QED) is 0.858. The van der Waals surface area contributed by atoms with E-state index in [4.69, 9.17) is 0 Å². The minimum atomic E-state index is -0.465. The number of urea groups is 1. The van der Waals surface area contributed by atoms with Crippen molar-refractivity contribution in [2.75, 3.05) is 13.1 Å². The molecule has 1 aliphatic rings. The van der Waals surface area contributed by atoms with Gasteiger partial charge in [0.2, 0.25) is 5.91 Å². The number of fused-ring (bicyclic) bond motifs is 1. The Morgan fingerprint density at radius 1 is 1.10 bits per heavy atom. The zero-order chi connectivity index (χ0) is 21.2. The van der Waals surface area contributed by atoms with Crippen molar-refractivity contribution < 1.29 is 9.59 Å². The second kappa shape index (κ2) is 8.31. The van der Waals surface area contributed by atoms with Crippen LogP contribution in [0.25, 0.3) is 0 Å². The molecule has 1 aromatic carbocycles. The van der Waals surface area contributed by atoms with Crippen LogP contribution in [-0.2, 0) is 11.3 Å². The Labute approximate surface area is 173 Å². The Hall–Kier alpha value is -2.76. The molecular weight excluding hydrogens is 364 g/mol. The predicted octanol–water partition coefficient (Wildman–Crippen LogP) is 3.64. The first-order valence-electron chi connectivity index (χ1n) is 10.3. The molecule has 1 aromatic heterocycles.